The monoisotopic (exact) mass is 270 g/mol. The lowest BCUT2D eigenvalue weighted by molar-refractivity contribution is 0.637. The first kappa shape index (κ1) is 12.3. The van der Waals surface area contributed by atoms with Crippen LogP contribution in [0.5, 0.6) is 0 Å². The maximum atomic E-state index is 13.8. The Hall–Kier alpha value is -2.69. The van der Waals surface area contributed by atoms with Crippen LogP contribution >= 0.6 is 0 Å². The number of H-pyrrole nitrogens is 1. The van der Waals surface area contributed by atoms with Gasteiger partial charge in [-0.3, -0.25) is 4.79 Å². The highest BCUT2D eigenvalue weighted by Gasteiger charge is 2.13. The molecule has 0 spiro atoms. The van der Waals surface area contributed by atoms with Crippen LogP contribution in [0.25, 0.3) is 16.6 Å². The summed E-state index contributed by atoms with van der Waals surface area (Å²) in [5, 5.41) is -0.115. The van der Waals surface area contributed by atoms with Gasteiger partial charge in [-0.15, -0.1) is 0 Å². The van der Waals surface area contributed by atoms with E-state index >= 15 is 0 Å². The molecule has 0 unspecified atom stereocenters. The second kappa shape index (κ2) is 4.45. The molecule has 5 heteroatoms. The molecule has 1 N–H and O–H groups in total. The third kappa shape index (κ3) is 1.75. The molecular formula is C15H11FN2O2. The van der Waals surface area contributed by atoms with Gasteiger partial charge in [-0.05, 0) is 30.7 Å². The number of hydrogen-bond donors (Lipinski definition) is 1. The van der Waals surface area contributed by atoms with E-state index in [1.165, 1.54) is 18.2 Å². The number of aryl methyl sites for hydroxylation is 1. The summed E-state index contributed by atoms with van der Waals surface area (Å²) in [6.45, 7) is 1.78. The van der Waals surface area contributed by atoms with Crippen molar-refractivity contribution in [2.24, 2.45) is 0 Å². The Morgan fingerprint density at radius 3 is 2.55 bits per heavy atom. The number of benzene rings is 2. The van der Waals surface area contributed by atoms with E-state index in [-0.39, 0.29) is 10.9 Å². The predicted molar refractivity (Wildman–Crippen MR) is 74.9 cm³/mol. The quantitative estimate of drug-likeness (QED) is 0.736. The van der Waals surface area contributed by atoms with Crippen LogP contribution in [0.1, 0.15) is 5.56 Å². The fourth-order valence-electron chi connectivity index (χ4n) is 2.25. The molecule has 0 radical (unpaired) electrons. The Balaban J connectivity index is 2.50. The second-order valence-corrected chi connectivity index (χ2v) is 4.52. The van der Waals surface area contributed by atoms with Crippen molar-refractivity contribution in [2.45, 2.75) is 6.92 Å². The highest BCUT2D eigenvalue weighted by atomic mass is 19.1. The van der Waals surface area contributed by atoms with Gasteiger partial charge in [0, 0.05) is 0 Å². The van der Waals surface area contributed by atoms with E-state index in [1.807, 2.05) is 0 Å². The molecule has 3 rings (SSSR count). The van der Waals surface area contributed by atoms with Crippen molar-refractivity contribution in [3.05, 3.63) is 74.7 Å². The minimum atomic E-state index is -0.656. The minimum absolute atomic E-state index is 0.115. The summed E-state index contributed by atoms with van der Waals surface area (Å²) in [5.74, 6) is -0.647. The molecular weight excluding hydrogens is 259 g/mol. The number of para-hydroxylation sites is 1. The molecule has 100 valence electrons. The normalized spacial score (nSPS) is 10.9. The number of halogens is 1. The summed E-state index contributed by atoms with van der Waals surface area (Å²) >= 11 is 0. The Morgan fingerprint density at radius 2 is 1.80 bits per heavy atom. The van der Waals surface area contributed by atoms with Crippen molar-refractivity contribution in [3.63, 3.8) is 0 Å². The summed E-state index contributed by atoms with van der Waals surface area (Å²) in [4.78, 5) is 27.1. The number of aromatic amines is 1. The number of nitrogens with one attached hydrogen (secondary N) is 1. The SMILES string of the molecule is Cc1ccccc1-n1c(=O)[nH]c2cccc(F)c2c1=O. The van der Waals surface area contributed by atoms with E-state index in [9.17, 15) is 14.0 Å². The molecule has 1 heterocycles. The largest absolute Gasteiger partial charge is 0.333 e. The highest BCUT2D eigenvalue weighted by molar-refractivity contribution is 5.78. The first-order valence-corrected chi connectivity index (χ1v) is 6.09. The average Bonchev–Trinajstić information content (AvgIpc) is 2.40. The van der Waals surface area contributed by atoms with Gasteiger partial charge in [-0.2, -0.15) is 0 Å². The van der Waals surface area contributed by atoms with Gasteiger partial charge in [-0.25, -0.2) is 13.8 Å². The van der Waals surface area contributed by atoms with Crippen molar-refractivity contribution in [1.29, 1.82) is 0 Å². The molecule has 4 nitrogen and oxygen atoms in total. The van der Waals surface area contributed by atoms with Gasteiger partial charge in [0.2, 0.25) is 0 Å². The van der Waals surface area contributed by atoms with Crippen LogP contribution in [-0.2, 0) is 0 Å². The molecule has 0 atom stereocenters. The third-order valence-corrected chi connectivity index (χ3v) is 3.23. The zero-order chi connectivity index (χ0) is 14.3. The van der Waals surface area contributed by atoms with E-state index in [1.54, 1.807) is 31.2 Å². The van der Waals surface area contributed by atoms with E-state index in [4.69, 9.17) is 0 Å². The maximum Gasteiger partial charge on any atom is 0.333 e. The van der Waals surface area contributed by atoms with Gasteiger partial charge in [-0.1, -0.05) is 24.3 Å². The summed E-state index contributed by atoms with van der Waals surface area (Å²) in [6, 6.07) is 11.1. The molecule has 0 amide bonds. The van der Waals surface area contributed by atoms with Crippen LogP contribution < -0.4 is 11.2 Å². The van der Waals surface area contributed by atoms with Crippen LogP contribution in [0.4, 0.5) is 4.39 Å². The van der Waals surface area contributed by atoms with Crippen molar-refractivity contribution >= 4 is 10.9 Å². The van der Waals surface area contributed by atoms with E-state index < -0.39 is 17.1 Å². The van der Waals surface area contributed by atoms with Crippen LogP contribution in [0.15, 0.2) is 52.1 Å². The molecule has 1 aromatic heterocycles. The van der Waals surface area contributed by atoms with Crippen LogP contribution in [0.2, 0.25) is 0 Å². The van der Waals surface area contributed by atoms with Crippen molar-refractivity contribution in [1.82, 2.24) is 9.55 Å². The zero-order valence-electron chi connectivity index (χ0n) is 10.7. The van der Waals surface area contributed by atoms with Crippen LogP contribution in [0.3, 0.4) is 0 Å². The molecule has 3 aromatic rings. The third-order valence-electron chi connectivity index (χ3n) is 3.23. The van der Waals surface area contributed by atoms with E-state index in [0.29, 0.717) is 5.69 Å². The zero-order valence-corrected chi connectivity index (χ0v) is 10.7. The Bertz CT molecular complexity index is 925. The van der Waals surface area contributed by atoms with Crippen LogP contribution in [0, 0.1) is 12.7 Å². The first-order valence-electron chi connectivity index (χ1n) is 6.09. The van der Waals surface area contributed by atoms with E-state index in [2.05, 4.69) is 4.98 Å². The second-order valence-electron chi connectivity index (χ2n) is 4.52. The smallest absolute Gasteiger partial charge is 0.306 e. The molecule has 0 saturated heterocycles. The van der Waals surface area contributed by atoms with Crippen molar-refractivity contribution < 1.29 is 4.39 Å². The fourth-order valence-corrected chi connectivity index (χ4v) is 2.25. The molecule has 2 aromatic carbocycles. The molecule has 0 bridgehead atoms. The molecule has 0 aliphatic carbocycles. The molecule has 0 aliphatic heterocycles. The number of nitrogens with zero attached hydrogens (tertiary/aromatic N) is 1. The Morgan fingerprint density at radius 1 is 1.05 bits per heavy atom. The average molecular weight is 270 g/mol. The maximum absolute atomic E-state index is 13.8. The lowest BCUT2D eigenvalue weighted by Crippen LogP contribution is -2.34. The topological polar surface area (TPSA) is 54.9 Å². The minimum Gasteiger partial charge on any atom is -0.306 e. The number of hydrogen-bond acceptors (Lipinski definition) is 2. The molecule has 0 saturated carbocycles. The van der Waals surface area contributed by atoms with Crippen molar-refractivity contribution in [2.75, 3.05) is 0 Å². The number of fused-ring (bicyclic) bond motifs is 1. The number of rotatable bonds is 1. The van der Waals surface area contributed by atoms with Gasteiger partial charge in [0.25, 0.3) is 5.56 Å². The lowest BCUT2D eigenvalue weighted by atomic mass is 10.2. The van der Waals surface area contributed by atoms with Gasteiger partial charge >= 0.3 is 5.69 Å². The number of aromatic nitrogens is 2. The summed E-state index contributed by atoms with van der Waals surface area (Å²) < 4.78 is 14.8. The van der Waals surface area contributed by atoms with Gasteiger partial charge in [0.05, 0.1) is 16.6 Å². The summed E-state index contributed by atoms with van der Waals surface area (Å²) in [6.07, 6.45) is 0. The predicted octanol–water partition coefficient (Wildman–Crippen LogP) is 2.13. The summed E-state index contributed by atoms with van der Waals surface area (Å²) in [7, 11) is 0. The van der Waals surface area contributed by atoms with E-state index in [0.717, 1.165) is 10.1 Å². The first-order chi connectivity index (χ1) is 9.59. The Labute approximate surface area is 113 Å². The molecule has 20 heavy (non-hydrogen) atoms. The van der Waals surface area contributed by atoms with Gasteiger partial charge < -0.3 is 4.98 Å². The van der Waals surface area contributed by atoms with Gasteiger partial charge in [0.1, 0.15) is 5.82 Å². The lowest BCUT2D eigenvalue weighted by Gasteiger charge is -2.09. The highest BCUT2D eigenvalue weighted by Crippen LogP contribution is 2.13. The van der Waals surface area contributed by atoms with Crippen LogP contribution in [-0.4, -0.2) is 9.55 Å². The standard InChI is InChI=1S/C15H11FN2O2/c1-9-5-2-3-8-12(9)18-14(19)13-10(16)6-4-7-11(13)17-15(18)20/h2-8H,1H3,(H,17,20). The molecule has 0 fully saturated rings. The fraction of sp³-hybridized carbons (Fsp3) is 0.0667. The molecule has 0 aliphatic rings. The van der Waals surface area contributed by atoms with Gasteiger partial charge in [0.15, 0.2) is 0 Å². The summed E-state index contributed by atoms with van der Waals surface area (Å²) in [5.41, 5.74) is 0.170. The van der Waals surface area contributed by atoms with Crippen molar-refractivity contribution in [3.8, 4) is 5.69 Å². The Kier molecular flexibility index (Phi) is 2.75.